The van der Waals surface area contributed by atoms with Crippen LogP contribution in [0, 0.1) is 11.8 Å². The molecule has 1 aliphatic rings. The van der Waals surface area contributed by atoms with Crippen LogP contribution in [0.3, 0.4) is 0 Å². The third-order valence-corrected chi connectivity index (χ3v) is 3.31. The zero-order chi connectivity index (χ0) is 12.3. The molecule has 92 valence electrons. The molecule has 0 aliphatic carbocycles. The highest BCUT2D eigenvalue weighted by atomic mass is 16.4. The highest BCUT2D eigenvalue weighted by Crippen LogP contribution is 2.30. The van der Waals surface area contributed by atoms with Crippen molar-refractivity contribution in [3.8, 4) is 0 Å². The van der Waals surface area contributed by atoms with Gasteiger partial charge in [0.1, 0.15) is 0 Å². The molecule has 2 atom stereocenters. The summed E-state index contributed by atoms with van der Waals surface area (Å²) in [5, 5.41) is 8.87. The zero-order valence-electron chi connectivity index (χ0n) is 10.3. The van der Waals surface area contributed by atoms with E-state index >= 15 is 0 Å². The standard InChI is InChI=1S/C12H21NO3/c1-8(2)6-10-9(7-12(15)16)4-5-11(14)13(10)3/h8-10H,4-7H2,1-3H3,(H,15,16)/t9-,10-/m1/s1. The Kier molecular flexibility index (Phi) is 4.33. The third kappa shape index (κ3) is 3.22. The lowest BCUT2D eigenvalue weighted by atomic mass is 9.82. The number of hydrogen-bond donors (Lipinski definition) is 1. The number of carbonyl (C=O) groups is 2. The van der Waals surface area contributed by atoms with E-state index in [-0.39, 0.29) is 24.3 Å². The second-order valence-electron chi connectivity index (χ2n) is 5.10. The molecule has 4 heteroatoms. The molecule has 1 saturated heterocycles. The molecular formula is C12H21NO3. The maximum atomic E-state index is 11.6. The summed E-state index contributed by atoms with van der Waals surface area (Å²) in [7, 11) is 1.80. The first-order valence-electron chi connectivity index (χ1n) is 5.89. The number of rotatable bonds is 4. The molecule has 0 radical (unpaired) electrons. The number of hydrogen-bond acceptors (Lipinski definition) is 2. The van der Waals surface area contributed by atoms with Gasteiger partial charge in [-0.15, -0.1) is 0 Å². The minimum Gasteiger partial charge on any atom is -0.481 e. The van der Waals surface area contributed by atoms with E-state index < -0.39 is 5.97 Å². The van der Waals surface area contributed by atoms with Crippen LogP contribution in [-0.2, 0) is 9.59 Å². The number of amides is 1. The Morgan fingerprint density at radius 2 is 2.19 bits per heavy atom. The zero-order valence-corrected chi connectivity index (χ0v) is 10.3. The maximum Gasteiger partial charge on any atom is 0.303 e. The van der Waals surface area contributed by atoms with E-state index in [0.29, 0.717) is 18.8 Å². The van der Waals surface area contributed by atoms with Crippen molar-refractivity contribution in [1.29, 1.82) is 0 Å². The van der Waals surface area contributed by atoms with Crippen molar-refractivity contribution in [1.82, 2.24) is 4.90 Å². The van der Waals surface area contributed by atoms with Crippen molar-refractivity contribution in [2.75, 3.05) is 7.05 Å². The fourth-order valence-corrected chi connectivity index (χ4v) is 2.47. The van der Waals surface area contributed by atoms with E-state index in [0.717, 1.165) is 6.42 Å². The summed E-state index contributed by atoms with van der Waals surface area (Å²) in [6.45, 7) is 4.20. The Hall–Kier alpha value is -1.06. The molecule has 1 rings (SSSR count). The molecule has 0 aromatic heterocycles. The minimum absolute atomic E-state index is 0.0948. The first-order valence-corrected chi connectivity index (χ1v) is 5.89. The van der Waals surface area contributed by atoms with Crippen LogP contribution in [0.1, 0.15) is 39.5 Å². The number of carbonyl (C=O) groups excluding carboxylic acids is 1. The van der Waals surface area contributed by atoms with Gasteiger partial charge in [0.05, 0.1) is 6.42 Å². The van der Waals surface area contributed by atoms with E-state index in [1.54, 1.807) is 11.9 Å². The number of aliphatic carboxylic acids is 1. The van der Waals surface area contributed by atoms with Crippen molar-refractivity contribution in [2.24, 2.45) is 11.8 Å². The number of carboxylic acid groups (broad SMARTS) is 1. The molecule has 1 aliphatic heterocycles. The lowest BCUT2D eigenvalue weighted by molar-refractivity contribution is -0.144. The molecule has 1 fully saturated rings. The van der Waals surface area contributed by atoms with E-state index in [9.17, 15) is 9.59 Å². The Morgan fingerprint density at radius 1 is 1.56 bits per heavy atom. The topological polar surface area (TPSA) is 57.6 Å². The second kappa shape index (κ2) is 5.32. The molecule has 0 bridgehead atoms. The van der Waals surface area contributed by atoms with Crippen molar-refractivity contribution in [3.05, 3.63) is 0 Å². The molecule has 1 amide bonds. The van der Waals surface area contributed by atoms with Gasteiger partial charge in [0, 0.05) is 19.5 Å². The summed E-state index contributed by atoms with van der Waals surface area (Å²) in [5.74, 6) is -0.0222. The van der Waals surface area contributed by atoms with Crippen LogP contribution in [0.5, 0.6) is 0 Å². The van der Waals surface area contributed by atoms with Crippen LogP contribution in [0.25, 0.3) is 0 Å². The molecule has 1 N–H and O–H groups in total. The van der Waals surface area contributed by atoms with E-state index in [1.165, 1.54) is 0 Å². The number of likely N-dealkylation sites (tertiary alicyclic amines) is 1. The average Bonchev–Trinajstić information content (AvgIpc) is 2.16. The summed E-state index contributed by atoms with van der Waals surface area (Å²) >= 11 is 0. The lowest BCUT2D eigenvalue weighted by Gasteiger charge is -2.39. The third-order valence-electron chi connectivity index (χ3n) is 3.31. The fourth-order valence-electron chi connectivity index (χ4n) is 2.47. The molecule has 0 aromatic rings. The quantitative estimate of drug-likeness (QED) is 0.796. The number of carboxylic acids is 1. The Morgan fingerprint density at radius 3 is 2.69 bits per heavy atom. The van der Waals surface area contributed by atoms with Crippen LogP contribution < -0.4 is 0 Å². The van der Waals surface area contributed by atoms with E-state index in [4.69, 9.17) is 5.11 Å². The molecular weight excluding hydrogens is 206 g/mol. The molecule has 16 heavy (non-hydrogen) atoms. The van der Waals surface area contributed by atoms with Gasteiger partial charge in [-0.1, -0.05) is 13.8 Å². The maximum absolute atomic E-state index is 11.6. The second-order valence-corrected chi connectivity index (χ2v) is 5.10. The molecule has 1 heterocycles. The summed E-state index contributed by atoms with van der Waals surface area (Å²) in [5.41, 5.74) is 0. The fraction of sp³-hybridized carbons (Fsp3) is 0.833. The Labute approximate surface area is 96.6 Å². The first-order chi connectivity index (χ1) is 7.41. The number of piperidine rings is 1. The number of nitrogens with zero attached hydrogens (tertiary/aromatic N) is 1. The van der Waals surface area contributed by atoms with Crippen LogP contribution in [0.15, 0.2) is 0 Å². The van der Waals surface area contributed by atoms with Crippen LogP contribution in [0.4, 0.5) is 0 Å². The Bertz CT molecular complexity index is 275. The van der Waals surface area contributed by atoms with Gasteiger partial charge in [0.2, 0.25) is 5.91 Å². The predicted octanol–water partition coefficient (Wildman–Crippen LogP) is 1.74. The highest BCUT2D eigenvalue weighted by Gasteiger charge is 2.34. The summed E-state index contributed by atoms with van der Waals surface area (Å²) in [6, 6.07) is 0.0948. The highest BCUT2D eigenvalue weighted by molar-refractivity contribution is 5.77. The normalized spacial score (nSPS) is 26.2. The van der Waals surface area contributed by atoms with Crippen molar-refractivity contribution < 1.29 is 14.7 Å². The van der Waals surface area contributed by atoms with Crippen LogP contribution >= 0.6 is 0 Å². The van der Waals surface area contributed by atoms with Crippen molar-refractivity contribution in [2.45, 2.75) is 45.6 Å². The molecule has 0 saturated carbocycles. The van der Waals surface area contributed by atoms with Gasteiger partial charge < -0.3 is 10.0 Å². The van der Waals surface area contributed by atoms with Gasteiger partial charge in [-0.3, -0.25) is 9.59 Å². The van der Waals surface area contributed by atoms with E-state index in [2.05, 4.69) is 13.8 Å². The van der Waals surface area contributed by atoms with Crippen molar-refractivity contribution in [3.63, 3.8) is 0 Å². The molecule has 4 nitrogen and oxygen atoms in total. The monoisotopic (exact) mass is 227 g/mol. The average molecular weight is 227 g/mol. The largest absolute Gasteiger partial charge is 0.481 e. The van der Waals surface area contributed by atoms with Gasteiger partial charge >= 0.3 is 5.97 Å². The van der Waals surface area contributed by atoms with Gasteiger partial charge in [0.15, 0.2) is 0 Å². The lowest BCUT2D eigenvalue weighted by Crippen LogP contribution is -2.47. The van der Waals surface area contributed by atoms with Gasteiger partial charge in [-0.25, -0.2) is 0 Å². The summed E-state index contributed by atoms with van der Waals surface area (Å²) in [6.07, 6.45) is 2.27. The van der Waals surface area contributed by atoms with Crippen molar-refractivity contribution >= 4 is 11.9 Å². The minimum atomic E-state index is -0.762. The molecule has 0 aromatic carbocycles. The van der Waals surface area contributed by atoms with Gasteiger partial charge in [0.25, 0.3) is 0 Å². The smallest absolute Gasteiger partial charge is 0.303 e. The molecule has 0 spiro atoms. The summed E-state index contributed by atoms with van der Waals surface area (Å²) in [4.78, 5) is 24.1. The van der Waals surface area contributed by atoms with Gasteiger partial charge in [-0.05, 0) is 24.7 Å². The Balaban J connectivity index is 2.72. The van der Waals surface area contributed by atoms with Gasteiger partial charge in [-0.2, -0.15) is 0 Å². The first kappa shape index (κ1) is 13.0. The van der Waals surface area contributed by atoms with E-state index in [1.807, 2.05) is 0 Å². The SMILES string of the molecule is CC(C)C[C@@H]1[C@@H](CC(=O)O)CCC(=O)N1C. The van der Waals surface area contributed by atoms with Crippen LogP contribution in [0.2, 0.25) is 0 Å². The molecule has 0 unspecified atom stereocenters. The summed E-state index contributed by atoms with van der Waals surface area (Å²) < 4.78 is 0. The predicted molar refractivity (Wildman–Crippen MR) is 61.0 cm³/mol. The van der Waals surface area contributed by atoms with Crippen LogP contribution in [-0.4, -0.2) is 35.0 Å².